The largest absolute Gasteiger partial charge is 0.368 e. The molecule has 8 nitrogen and oxygen atoms in total. The lowest BCUT2D eigenvalue weighted by Crippen LogP contribution is -2.55. The van der Waals surface area contributed by atoms with Crippen LogP contribution in [-0.2, 0) is 4.79 Å². The van der Waals surface area contributed by atoms with Crippen molar-refractivity contribution in [2.45, 2.75) is 0 Å². The van der Waals surface area contributed by atoms with Gasteiger partial charge in [-0.05, 0) is 24.3 Å². The number of hydrogen-bond acceptors (Lipinski definition) is 5. The topological polar surface area (TPSA) is 67.3 Å². The summed E-state index contributed by atoms with van der Waals surface area (Å²) in [7, 11) is 1.77. The third kappa shape index (κ3) is 5.25. The van der Waals surface area contributed by atoms with Crippen molar-refractivity contribution in [3.8, 4) is 0 Å². The molecule has 31 heavy (non-hydrogen) atoms. The maximum Gasteiger partial charge on any atom is 0.242 e. The molecular formula is C23H31N7O. The summed E-state index contributed by atoms with van der Waals surface area (Å²) in [5.74, 6) is 1.92. The Balaban J connectivity index is 1.22. The molecule has 2 fully saturated rings. The third-order valence-corrected chi connectivity index (χ3v) is 5.92. The molecule has 2 aromatic rings. The number of hydrogen-bond donors (Lipinski definition) is 1. The second-order valence-electron chi connectivity index (χ2n) is 7.77. The van der Waals surface area contributed by atoms with Crippen LogP contribution < -0.4 is 15.1 Å². The molecule has 2 saturated heterocycles. The zero-order chi connectivity index (χ0) is 21.5. The van der Waals surface area contributed by atoms with Crippen LogP contribution in [0.4, 0.5) is 11.5 Å². The fourth-order valence-corrected chi connectivity index (χ4v) is 4.14. The summed E-state index contributed by atoms with van der Waals surface area (Å²) in [6, 6.07) is 16.4. The zero-order valence-electron chi connectivity index (χ0n) is 18.2. The number of nitrogens with zero attached hydrogens (tertiary/aromatic N) is 6. The molecule has 1 N–H and O–H groups in total. The second kappa shape index (κ2) is 10.1. The molecule has 0 unspecified atom stereocenters. The van der Waals surface area contributed by atoms with E-state index in [1.54, 1.807) is 7.05 Å². The number of benzene rings is 1. The molecule has 164 valence electrons. The quantitative estimate of drug-likeness (QED) is 0.590. The molecule has 2 aliphatic heterocycles. The van der Waals surface area contributed by atoms with E-state index in [1.807, 2.05) is 35.4 Å². The average Bonchev–Trinajstić information content (AvgIpc) is 2.86. The number of anilines is 2. The van der Waals surface area contributed by atoms with Gasteiger partial charge in [-0.3, -0.25) is 9.79 Å². The van der Waals surface area contributed by atoms with Crippen LogP contribution in [-0.4, -0.2) is 92.6 Å². The van der Waals surface area contributed by atoms with E-state index in [2.05, 4.69) is 54.3 Å². The first-order valence-corrected chi connectivity index (χ1v) is 10.9. The van der Waals surface area contributed by atoms with Crippen molar-refractivity contribution in [2.24, 2.45) is 4.99 Å². The zero-order valence-corrected chi connectivity index (χ0v) is 18.2. The van der Waals surface area contributed by atoms with Gasteiger partial charge in [-0.15, -0.1) is 0 Å². The molecule has 8 heteroatoms. The lowest BCUT2D eigenvalue weighted by atomic mass is 10.2. The first-order chi connectivity index (χ1) is 15.2. The normalized spacial score (nSPS) is 17.6. The molecule has 0 bridgehead atoms. The maximum atomic E-state index is 12.7. The number of piperazine rings is 2. The smallest absolute Gasteiger partial charge is 0.242 e. The molecule has 0 saturated carbocycles. The standard InChI is InChI=1S/C23H31N7O/c1-24-23(30-17-13-28(14-18-30)21-9-5-6-10-25-21)26-19-22(31)29-15-11-27(12-16-29)20-7-3-2-4-8-20/h2-10H,11-19H2,1H3,(H,24,26). The second-order valence-corrected chi connectivity index (χ2v) is 7.77. The number of pyridine rings is 1. The van der Waals surface area contributed by atoms with Crippen molar-refractivity contribution < 1.29 is 4.79 Å². The Kier molecular flexibility index (Phi) is 6.86. The van der Waals surface area contributed by atoms with E-state index in [0.29, 0.717) is 0 Å². The van der Waals surface area contributed by atoms with Crippen molar-refractivity contribution in [3.05, 3.63) is 54.7 Å². The van der Waals surface area contributed by atoms with E-state index < -0.39 is 0 Å². The van der Waals surface area contributed by atoms with Gasteiger partial charge < -0.3 is 24.9 Å². The van der Waals surface area contributed by atoms with E-state index in [9.17, 15) is 4.79 Å². The molecule has 0 radical (unpaired) electrons. The van der Waals surface area contributed by atoms with Gasteiger partial charge in [0, 0.05) is 71.3 Å². The number of nitrogens with one attached hydrogen (secondary N) is 1. The van der Waals surface area contributed by atoms with Crippen LogP contribution in [0.25, 0.3) is 0 Å². The summed E-state index contributed by atoms with van der Waals surface area (Å²) in [5.41, 5.74) is 1.22. The predicted molar refractivity (Wildman–Crippen MR) is 125 cm³/mol. The van der Waals surface area contributed by atoms with Crippen LogP contribution in [0, 0.1) is 0 Å². The maximum absolute atomic E-state index is 12.7. The summed E-state index contributed by atoms with van der Waals surface area (Å²) in [6.07, 6.45) is 1.83. The Labute approximate surface area is 184 Å². The van der Waals surface area contributed by atoms with Gasteiger partial charge >= 0.3 is 0 Å². The number of guanidine groups is 1. The Morgan fingerprint density at radius 3 is 2.16 bits per heavy atom. The summed E-state index contributed by atoms with van der Waals surface area (Å²) in [6.45, 7) is 6.95. The molecular weight excluding hydrogens is 390 g/mol. The van der Waals surface area contributed by atoms with Crippen molar-refractivity contribution >= 4 is 23.4 Å². The molecule has 0 spiro atoms. The molecule has 2 aliphatic rings. The van der Waals surface area contributed by atoms with Crippen LogP contribution >= 0.6 is 0 Å². The number of amides is 1. The van der Waals surface area contributed by atoms with Crippen LogP contribution in [0.5, 0.6) is 0 Å². The highest BCUT2D eigenvalue weighted by molar-refractivity contribution is 5.86. The fourth-order valence-electron chi connectivity index (χ4n) is 4.14. The van der Waals surface area contributed by atoms with Crippen LogP contribution in [0.1, 0.15) is 0 Å². The highest BCUT2D eigenvalue weighted by Crippen LogP contribution is 2.16. The first kappa shape index (κ1) is 21.0. The van der Waals surface area contributed by atoms with Gasteiger partial charge in [-0.2, -0.15) is 0 Å². The van der Waals surface area contributed by atoms with Crippen molar-refractivity contribution in [1.82, 2.24) is 20.1 Å². The molecule has 0 atom stereocenters. The van der Waals surface area contributed by atoms with Gasteiger partial charge in [-0.25, -0.2) is 4.98 Å². The van der Waals surface area contributed by atoms with E-state index in [4.69, 9.17) is 0 Å². The van der Waals surface area contributed by atoms with Crippen molar-refractivity contribution in [3.63, 3.8) is 0 Å². The van der Waals surface area contributed by atoms with E-state index in [1.165, 1.54) is 5.69 Å². The summed E-state index contributed by atoms with van der Waals surface area (Å²) in [5, 5.41) is 3.27. The fraction of sp³-hybridized carbons (Fsp3) is 0.435. The van der Waals surface area contributed by atoms with Gasteiger partial charge in [0.15, 0.2) is 5.96 Å². The predicted octanol–water partition coefficient (Wildman–Crippen LogP) is 1.13. The Morgan fingerprint density at radius 2 is 1.52 bits per heavy atom. The van der Waals surface area contributed by atoms with Crippen molar-refractivity contribution in [2.75, 3.05) is 75.8 Å². The van der Waals surface area contributed by atoms with Crippen LogP contribution in [0.15, 0.2) is 59.7 Å². The number of para-hydroxylation sites is 1. The summed E-state index contributed by atoms with van der Waals surface area (Å²) in [4.78, 5) is 30.3. The van der Waals surface area contributed by atoms with E-state index in [0.717, 1.165) is 64.1 Å². The Morgan fingerprint density at radius 1 is 0.871 bits per heavy atom. The Bertz CT molecular complexity index is 858. The van der Waals surface area contributed by atoms with Gasteiger partial charge in [0.25, 0.3) is 0 Å². The minimum atomic E-state index is 0.126. The Hall–Kier alpha value is -3.29. The third-order valence-electron chi connectivity index (χ3n) is 5.92. The SMILES string of the molecule is CN=C(NCC(=O)N1CCN(c2ccccc2)CC1)N1CCN(c2ccccn2)CC1. The molecule has 3 heterocycles. The molecule has 4 rings (SSSR count). The minimum absolute atomic E-state index is 0.126. The van der Waals surface area contributed by atoms with Gasteiger partial charge in [0.1, 0.15) is 5.82 Å². The average molecular weight is 422 g/mol. The summed E-state index contributed by atoms with van der Waals surface area (Å²) < 4.78 is 0. The van der Waals surface area contributed by atoms with Crippen LogP contribution in [0.2, 0.25) is 0 Å². The summed E-state index contributed by atoms with van der Waals surface area (Å²) >= 11 is 0. The number of aliphatic imine (C=N–C) groups is 1. The van der Waals surface area contributed by atoms with E-state index in [-0.39, 0.29) is 12.5 Å². The number of aromatic nitrogens is 1. The van der Waals surface area contributed by atoms with Gasteiger partial charge in [-0.1, -0.05) is 24.3 Å². The van der Waals surface area contributed by atoms with Gasteiger partial charge in [0.05, 0.1) is 6.54 Å². The molecule has 1 amide bonds. The highest BCUT2D eigenvalue weighted by Gasteiger charge is 2.23. The lowest BCUT2D eigenvalue weighted by Gasteiger charge is -2.38. The van der Waals surface area contributed by atoms with E-state index >= 15 is 0 Å². The van der Waals surface area contributed by atoms with Gasteiger partial charge in [0.2, 0.25) is 5.91 Å². The van der Waals surface area contributed by atoms with Crippen molar-refractivity contribution in [1.29, 1.82) is 0 Å². The minimum Gasteiger partial charge on any atom is -0.368 e. The molecule has 1 aromatic carbocycles. The molecule has 0 aliphatic carbocycles. The number of rotatable bonds is 4. The highest BCUT2D eigenvalue weighted by atomic mass is 16.2. The number of carbonyl (C=O) groups is 1. The molecule has 1 aromatic heterocycles. The monoisotopic (exact) mass is 421 g/mol. The number of carbonyl (C=O) groups excluding carboxylic acids is 1. The lowest BCUT2D eigenvalue weighted by molar-refractivity contribution is -0.130. The first-order valence-electron chi connectivity index (χ1n) is 10.9. The van der Waals surface area contributed by atoms with Crippen LogP contribution in [0.3, 0.4) is 0 Å².